The topological polar surface area (TPSA) is 68.5 Å². The van der Waals surface area contributed by atoms with Crippen molar-refractivity contribution in [2.24, 2.45) is 14.1 Å². The van der Waals surface area contributed by atoms with Gasteiger partial charge in [0.15, 0.2) is 0 Å². The number of morpholine rings is 1. The smallest absolute Gasteiger partial charge is 0.328 e. The highest BCUT2D eigenvalue weighted by atomic mass is 16.5. The average molecular weight is 431 g/mol. The third kappa shape index (κ3) is 3.54. The summed E-state index contributed by atoms with van der Waals surface area (Å²) < 4.78 is 8.76. The Morgan fingerprint density at radius 3 is 2.44 bits per heavy atom. The van der Waals surface area contributed by atoms with Gasteiger partial charge in [0.25, 0.3) is 0 Å². The molecule has 0 radical (unpaired) electrons. The van der Waals surface area contributed by atoms with E-state index >= 15 is 0 Å². The van der Waals surface area contributed by atoms with Crippen LogP contribution in [0.5, 0.6) is 0 Å². The van der Waals surface area contributed by atoms with Gasteiger partial charge in [-0.1, -0.05) is 42.5 Å². The van der Waals surface area contributed by atoms with E-state index in [0.717, 1.165) is 46.1 Å². The van der Waals surface area contributed by atoms with Crippen LogP contribution >= 0.6 is 0 Å². The highest BCUT2D eigenvalue weighted by molar-refractivity contribution is 6.01. The number of hydrogen-bond donors (Lipinski definition) is 1. The van der Waals surface area contributed by atoms with E-state index < -0.39 is 0 Å². The summed E-state index contributed by atoms with van der Waals surface area (Å²) in [5.41, 5.74) is 4.15. The van der Waals surface area contributed by atoms with Crippen molar-refractivity contribution >= 4 is 39.1 Å². The number of benzene rings is 3. The molecule has 5 rings (SSSR count). The van der Waals surface area contributed by atoms with Gasteiger partial charge in [0.1, 0.15) is 0 Å². The third-order valence-corrected chi connectivity index (χ3v) is 6.25. The van der Waals surface area contributed by atoms with Crippen molar-refractivity contribution < 1.29 is 9.53 Å². The lowest BCUT2D eigenvalue weighted by Gasteiger charge is -2.30. The lowest BCUT2D eigenvalue weighted by molar-refractivity contribution is -0.115. The van der Waals surface area contributed by atoms with Crippen LogP contribution < -0.4 is 15.9 Å². The van der Waals surface area contributed by atoms with Crippen molar-refractivity contribution in [2.45, 2.75) is 6.42 Å². The molecule has 0 atom stereocenters. The maximum Gasteiger partial charge on any atom is 0.328 e. The third-order valence-electron chi connectivity index (χ3n) is 6.25. The molecule has 1 aliphatic rings. The lowest BCUT2D eigenvalue weighted by atomic mass is 10.0. The van der Waals surface area contributed by atoms with Gasteiger partial charge < -0.3 is 15.0 Å². The second kappa shape index (κ2) is 8.16. The number of fused-ring (bicyclic) bond motifs is 2. The minimum absolute atomic E-state index is 0.0869. The van der Waals surface area contributed by atoms with Crippen molar-refractivity contribution in [1.29, 1.82) is 0 Å². The Hall–Kier alpha value is -3.58. The molecule has 1 aromatic heterocycles. The number of imidazole rings is 1. The fraction of sp³-hybridized carbons (Fsp3) is 0.280. The molecule has 3 aromatic carbocycles. The van der Waals surface area contributed by atoms with Gasteiger partial charge in [-0.3, -0.25) is 13.9 Å². The zero-order chi connectivity index (χ0) is 22.2. The van der Waals surface area contributed by atoms with Crippen LogP contribution in [0.4, 0.5) is 11.4 Å². The lowest BCUT2D eigenvalue weighted by Crippen LogP contribution is -2.36. The van der Waals surface area contributed by atoms with Crippen molar-refractivity contribution in [1.82, 2.24) is 9.13 Å². The van der Waals surface area contributed by atoms with Gasteiger partial charge in [0, 0.05) is 27.2 Å². The van der Waals surface area contributed by atoms with E-state index in [1.54, 1.807) is 23.2 Å². The molecule has 0 saturated carbocycles. The molecule has 0 unspecified atom stereocenters. The maximum absolute atomic E-state index is 13.1. The van der Waals surface area contributed by atoms with Crippen molar-refractivity contribution in [3.63, 3.8) is 0 Å². The Labute approximate surface area is 185 Å². The number of ether oxygens (including phenoxy) is 1. The largest absolute Gasteiger partial charge is 0.378 e. The first-order valence-corrected chi connectivity index (χ1v) is 10.8. The number of nitrogens with zero attached hydrogens (tertiary/aromatic N) is 3. The summed E-state index contributed by atoms with van der Waals surface area (Å²) in [5, 5.41) is 5.32. The highest BCUT2D eigenvalue weighted by Gasteiger charge is 2.20. The molecule has 32 heavy (non-hydrogen) atoms. The van der Waals surface area contributed by atoms with Crippen LogP contribution in [-0.4, -0.2) is 41.3 Å². The fourth-order valence-electron chi connectivity index (χ4n) is 4.51. The molecule has 1 N–H and O–H groups in total. The van der Waals surface area contributed by atoms with Crippen LogP contribution in [0.15, 0.2) is 59.4 Å². The number of carbonyl (C=O) groups excluding carboxylic acids is 1. The van der Waals surface area contributed by atoms with E-state index in [1.165, 1.54) is 0 Å². The molecule has 2 heterocycles. The van der Waals surface area contributed by atoms with Crippen molar-refractivity contribution in [2.75, 3.05) is 36.5 Å². The second-order valence-corrected chi connectivity index (χ2v) is 8.22. The Balaban J connectivity index is 1.52. The number of anilines is 2. The van der Waals surface area contributed by atoms with Gasteiger partial charge >= 0.3 is 5.69 Å². The first-order valence-electron chi connectivity index (χ1n) is 10.8. The Morgan fingerprint density at radius 1 is 0.969 bits per heavy atom. The molecular weight excluding hydrogens is 404 g/mol. The predicted octanol–water partition coefficient (Wildman–Crippen LogP) is 3.05. The number of hydrogen-bond acceptors (Lipinski definition) is 4. The molecule has 0 aliphatic carbocycles. The summed E-state index contributed by atoms with van der Waals surface area (Å²) in [6.07, 6.45) is 0.273. The minimum atomic E-state index is -0.0906. The monoisotopic (exact) mass is 430 g/mol. The maximum atomic E-state index is 13.1. The summed E-state index contributed by atoms with van der Waals surface area (Å²) in [5.74, 6) is -0.0869. The number of nitrogens with one attached hydrogen (secondary N) is 1. The predicted molar refractivity (Wildman–Crippen MR) is 127 cm³/mol. The molecular formula is C25H26N4O3. The summed E-state index contributed by atoms with van der Waals surface area (Å²) in [6, 6.07) is 18.0. The Morgan fingerprint density at radius 2 is 1.66 bits per heavy atom. The normalized spacial score (nSPS) is 14.2. The van der Waals surface area contributed by atoms with Gasteiger partial charge in [-0.2, -0.15) is 0 Å². The Bertz CT molecular complexity index is 1370. The Kier molecular flexibility index (Phi) is 5.19. The van der Waals surface area contributed by atoms with Gasteiger partial charge in [-0.05, 0) is 28.5 Å². The number of aromatic nitrogens is 2. The number of amides is 1. The van der Waals surface area contributed by atoms with Crippen molar-refractivity contribution in [3.05, 3.63) is 70.6 Å². The standard InChI is InChI=1S/C25H26N4O3/c1-27-22-15-20(21(29-10-12-32-13-11-29)16-23(22)28(2)25(27)31)26-24(30)14-18-8-5-7-17-6-3-4-9-19(17)18/h3-9,15-16H,10-14H2,1-2H3,(H,26,30). The molecule has 1 saturated heterocycles. The highest BCUT2D eigenvalue weighted by Crippen LogP contribution is 2.32. The van der Waals surface area contributed by atoms with E-state index in [9.17, 15) is 9.59 Å². The van der Waals surface area contributed by atoms with E-state index in [1.807, 2.05) is 42.5 Å². The molecule has 164 valence electrons. The molecule has 4 aromatic rings. The zero-order valence-corrected chi connectivity index (χ0v) is 18.3. The van der Waals surface area contributed by atoms with E-state index in [-0.39, 0.29) is 18.0 Å². The summed E-state index contributed by atoms with van der Waals surface area (Å²) in [7, 11) is 3.52. The molecule has 0 bridgehead atoms. The fourth-order valence-corrected chi connectivity index (χ4v) is 4.51. The van der Waals surface area contributed by atoms with Gasteiger partial charge in [-0.25, -0.2) is 4.79 Å². The average Bonchev–Trinajstić information content (AvgIpc) is 3.03. The molecule has 1 fully saturated rings. The van der Waals surface area contributed by atoms with Gasteiger partial charge in [0.2, 0.25) is 5.91 Å². The molecule has 7 nitrogen and oxygen atoms in total. The summed E-state index contributed by atoms with van der Waals surface area (Å²) in [6.45, 7) is 2.74. The molecule has 1 amide bonds. The SMILES string of the molecule is Cn1c(=O)n(C)c2cc(N3CCOCC3)c(NC(=O)Cc3cccc4ccccc34)cc21. The van der Waals surface area contributed by atoms with Crippen LogP contribution in [0, 0.1) is 0 Å². The van der Waals surface area contributed by atoms with Gasteiger partial charge in [0.05, 0.1) is 42.0 Å². The zero-order valence-electron chi connectivity index (χ0n) is 18.3. The molecule has 7 heteroatoms. The summed E-state index contributed by atoms with van der Waals surface area (Å²) >= 11 is 0. The second-order valence-electron chi connectivity index (χ2n) is 8.22. The summed E-state index contributed by atoms with van der Waals surface area (Å²) in [4.78, 5) is 27.8. The van der Waals surface area contributed by atoms with E-state index in [0.29, 0.717) is 18.9 Å². The van der Waals surface area contributed by atoms with Crippen LogP contribution in [0.1, 0.15) is 5.56 Å². The van der Waals surface area contributed by atoms with Crippen LogP contribution in [0.2, 0.25) is 0 Å². The molecule has 0 spiro atoms. The van der Waals surface area contributed by atoms with Crippen LogP contribution in [-0.2, 0) is 30.0 Å². The molecule has 1 aliphatic heterocycles. The van der Waals surface area contributed by atoms with E-state index in [2.05, 4.69) is 22.3 Å². The minimum Gasteiger partial charge on any atom is -0.378 e. The van der Waals surface area contributed by atoms with E-state index in [4.69, 9.17) is 4.74 Å². The first kappa shape index (κ1) is 20.3. The van der Waals surface area contributed by atoms with Crippen LogP contribution in [0.3, 0.4) is 0 Å². The van der Waals surface area contributed by atoms with Gasteiger partial charge in [-0.15, -0.1) is 0 Å². The quantitative estimate of drug-likeness (QED) is 0.540. The van der Waals surface area contributed by atoms with Crippen molar-refractivity contribution in [3.8, 4) is 0 Å². The van der Waals surface area contributed by atoms with Crippen LogP contribution in [0.25, 0.3) is 21.8 Å². The first-order chi connectivity index (χ1) is 15.5. The number of rotatable bonds is 4. The number of aryl methyl sites for hydroxylation is 2. The number of carbonyl (C=O) groups is 1.